The maximum atomic E-state index is 12.4. The van der Waals surface area contributed by atoms with Gasteiger partial charge in [0.05, 0.1) is 5.56 Å². The molecule has 2 N–H and O–H groups in total. The minimum absolute atomic E-state index is 0.131. The van der Waals surface area contributed by atoms with E-state index in [1.54, 1.807) is 23.4 Å². The molecule has 7 nitrogen and oxygen atoms in total. The van der Waals surface area contributed by atoms with Gasteiger partial charge in [0.2, 0.25) is 0 Å². The third kappa shape index (κ3) is 2.87. The second-order valence-corrected chi connectivity index (χ2v) is 6.59. The third-order valence-corrected chi connectivity index (χ3v) is 4.83. The van der Waals surface area contributed by atoms with Gasteiger partial charge in [0, 0.05) is 18.9 Å². The zero-order chi connectivity index (χ0) is 17.4. The zero-order valence-electron chi connectivity index (χ0n) is 13.3. The van der Waals surface area contributed by atoms with Crippen LogP contribution < -0.4 is 5.73 Å². The monoisotopic (exact) mass is 401 g/mol. The number of hydroxylamine groups is 2. The van der Waals surface area contributed by atoms with E-state index in [0.29, 0.717) is 22.5 Å². The van der Waals surface area contributed by atoms with Crippen LogP contribution in [0.3, 0.4) is 0 Å². The lowest BCUT2D eigenvalue weighted by atomic mass is 10.2. The number of nitrogens with zero attached hydrogens (tertiary/aromatic N) is 4. The van der Waals surface area contributed by atoms with Crippen LogP contribution in [-0.2, 0) is 4.84 Å². The van der Waals surface area contributed by atoms with E-state index in [9.17, 15) is 4.79 Å². The number of nitrogen functional groups attached to an aromatic ring is 1. The smallest absolute Gasteiger partial charge is 0.357 e. The van der Waals surface area contributed by atoms with E-state index in [0.717, 1.165) is 24.2 Å². The fourth-order valence-corrected chi connectivity index (χ4v) is 3.69. The number of aromatic nitrogens is 3. The van der Waals surface area contributed by atoms with Crippen LogP contribution in [0.4, 0.5) is 5.82 Å². The molecule has 0 radical (unpaired) electrons. The highest BCUT2D eigenvalue weighted by molar-refractivity contribution is 9.10. The van der Waals surface area contributed by atoms with Gasteiger partial charge in [-0.3, -0.25) is 4.40 Å². The lowest BCUT2D eigenvalue weighted by molar-refractivity contribution is -0.122. The molecule has 3 aromatic rings. The number of carbonyl (C=O) groups excluding carboxylic acids is 1. The summed E-state index contributed by atoms with van der Waals surface area (Å²) in [6.07, 6.45) is 5.21. The Balaban J connectivity index is 1.64. The average molecular weight is 402 g/mol. The van der Waals surface area contributed by atoms with E-state index in [1.807, 2.05) is 28.8 Å². The summed E-state index contributed by atoms with van der Waals surface area (Å²) in [4.78, 5) is 26.7. The molecule has 128 valence electrons. The van der Waals surface area contributed by atoms with Gasteiger partial charge in [-0.2, -0.15) is 0 Å². The fourth-order valence-electron chi connectivity index (χ4n) is 3.12. The van der Waals surface area contributed by atoms with Crippen molar-refractivity contribution in [3.05, 3.63) is 58.7 Å². The van der Waals surface area contributed by atoms with Crippen LogP contribution >= 0.6 is 15.9 Å². The van der Waals surface area contributed by atoms with Gasteiger partial charge in [0.1, 0.15) is 22.0 Å². The molecule has 0 spiro atoms. The van der Waals surface area contributed by atoms with E-state index in [-0.39, 0.29) is 12.0 Å². The molecule has 3 heterocycles. The first-order chi connectivity index (χ1) is 12.1. The van der Waals surface area contributed by atoms with Crippen LogP contribution in [0.1, 0.15) is 35.1 Å². The van der Waals surface area contributed by atoms with E-state index >= 15 is 0 Å². The van der Waals surface area contributed by atoms with Crippen molar-refractivity contribution in [3.63, 3.8) is 0 Å². The number of anilines is 1. The van der Waals surface area contributed by atoms with Gasteiger partial charge in [-0.1, -0.05) is 18.2 Å². The van der Waals surface area contributed by atoms with Crippen LogP contribution in [-0.4, -0.2) is 31.9 Å². The van der Waals surface area contributed by atoms with Gasteiger partial charge in [-0.15, -0.1) is 5.06 Å². The molecule has 0 unspecified atom stereocenters. The van der Waals surface area contributed by atoms with Crippen molar-refractivity contribution in [1.29, 1.82) is 0 Å². The number of fused-ring (bicyclic) bond motifs is 1. The normalized spacial score (nSPS) is 17.9. The molecule has 0 bridgehead atoms. The maximum Gasteiger partial charge on any atom is 0.357 e. The van der Waals surface area contributed by atoms with E-state index < -0.39 is 0 Å². The number of hydrogen-bond donors (Lipinski definition) is 1. The Morgan fingerprint density at radius 1 is 1.32 bits per heavy atom. The molecule has 0 aliphatic carbocycles. The first-order valence-electron chi connectivity index (χ1n) is 7.97. The van der Waals surface area contributed by atoms with Gasteiger partial charge in [-0.25, -0.2) is 14.8 Å². The van der Waals surface area contributed by atoms with Crippen LogP contribution in [0.15, 0.2) is 47.3 Å². The number of hydrogen-bond acceptors (Lipinski definition) is 6. The molecule has 25 heavy (non-hydrogen) atoms. The SMILES string of the molecule is Nc1nccn2c([C@@H]3CCCN3OC(=O)c3ccccc3)nc(Br)c12. The molecule has 1 aliphatic heterocycles. The van der Waals surface area contributed by atoms with Crippen LogP contribution in [0.25, 0.3) is 5.52 Å². The van der Waals surface area contributed by atoms with Crippen LogP contribution in [0.5, 0.6) is 0 Å². The first-order valence-corrected chi connectivity index (χ1v) is 8.76. The molecule has 8 heteroatoms. The van der Waals surface area contributed by atoms with Crippen molar-refractivity contribution in [2.75, 3.05) is 12.3 Å². The van der Waals surface area contributed by atoms with Crippen LogP contribution in [0.2, 0.25) is 0 Å². The maximum absolute atomic E-state index is 12.4. The van der Waals surface area contributed by atoms with Gasteiger partial charge in [-0.05, 0) is 40.9 Å². The summed E-state index contributed by atoms with van der Waals surface area (Å²) in [5.74, 6) is 0.807. The lowest BCUT2D eigenvalue weighted by Crippen LogP contribution is -2.28. The summed E-state index contributed by atoms with van der Waals surface area (Å²) in [6, 6.07) is 8.83. The zero-order valence-corrected chi connectivity index (χ0v) is 14.9. The van der Waals surface area contributed by atoms with E-state index in [1.165, 1.54) is 0 Å². The summed E-state index contributed by atoms with van der Waals surface area (Å²) in [7, 11) is 0. The Hall–Kier alpha value is -2.45. The molecule has 0 amide bonds. The number of rotatable bonds is 3. The second-order valence-electron chi connectivity index (χ2n) is 5.84. The fraction of sp³-hybridized carbons (Fsp3) is 0.235. The number of imidazole rings is 1. The number of benzene rings is 1. The Morgan fingerprint density at radius 2 is 2.12 bits per heavy atom. The molecule has 0 saturated carbocycles. The molecule has 4 rings (SSSR count). The highest BCUT2D eigenvalue weighted by atomic mass is 79.9. The molecule has 1 atom stereocenters. The van der Waals surface area contributed by atoms with E-state index in [4.69, 9.17) is 10.6 Å². The minimum Gasteiger partial charge on any atom is -0.382 e. The Kier molecular flexibility index (Phi) is 4.14. The molecule has 1 aromatic carbocycles. The van der Waals surface area contributed by atoms with Crippen molar-refractivity contribution in [2.24, 2.45) is 0 Å². The minimum atomic E-state index is -0.367. The van der Waals surface area contributed by atoms with Gasteiger partial charge >= 0.3 is 5.97 Å². The quantitative estimate of drug-likeness (QED) is 0.725. The molecule has 1 aliphatic rings. The molecular weight excluding hydrogens is 386 g/mol. The predicted octanol–water partition coefficient (Wildman–Crippen LogP) is 2.98. The molecule has 2 aromatic heterocycles. The second kappa shape index (κ2) is 6.45. The summed E-state index contributed by atoms with van der Waals surface area (Å²) in [6.45, 7) is 0.663. The van der Waals surface area contributed by atoms with Gasteiger partial charge < -0.3 is 10.6 Å². The highest BCUT2D eigenvalue weighted by Gasteiger charge is 2.33. The van der Waals surface area contributed by atoms with Crippen molar-refractivity contribution in [1.82, 2.24) is 19.4 Å². The predicted molar refractivity (Wildman–Crippen MR) is 95.6 cm³/mol. The number of carbonyl (C=O) groups is 1. The van der Waals surface area contributed by atoms with Crippen molar-refractivity contribution < 1.29 is 9.63 Å². The van der Waals surface area contributed by atoms with Crippen molar-refractivity contribution in [2.45, 2.75) is 18.9 Å². The average Bonchev–Trinajstić information content (AvgIpc) is 3.20. The van der Waals surface area contributed by atoms with Crippen molar-refractivity contribution >= 4 is 33.2 Å². The molecule has 1 fully saturated rings. The Labute approximate surface area is 152 Å². The summed E-state index contributed by atoms with van der Waals surface area (Å²) < 4.78 is 2.53. The largest absolute Gasteiger partial charge is 0.382 e. The lowest BCUT2D eigenvalue weighted by Gasteiger charge is -2.22. The molecular formula is C17H16BrN5O2. The molecule has 1 saturated heterocycles. The highest BCUT2D eigenvalue weighted by Crippen LogP contribution is 2.35. The Morgan fingerprint density at radius 3 is 2.92 bits per heavy atom. The van der Waals surface area contributed by atoms with Crippen LogP contribution in [0, 0.1) is 0 Å². The topological polar surface area (TPSA) is 85.7 Å². The third-order valence-electron chi connectivity index (χ3n) is 4.28. The first kappa shape index (κ1) is 16.0. The number of nitrogens with two attached hydrogens (primary N) is 1. The standard InChI is InChI=1S/C17H16BrN5O2/c18-14-13-15(19)20-8-10-22(13)16(21-14)12-7-4-9-23(12)25-17(24)11-5-2-1-3-6-11/h1-3,5-6,8,10,12H,4,7,9H2,(H2,19,20)/t12-/m0/s1. The Bertz CT molecular complexity index is 927. The number of halogens is 1. The van der Waals surface area contributed by atoms with Crippen molar-refractivity contribution in [3.8, 4) is 0 Å². The summed E-state index contributed by atoms with van der Waals surface area (Å²) >= 11 is 3.44. The summed E-state index contributed by atoms with van der Waals surface area (Å²) in [5, 5.41) is 1.70. The van der Waals surface area contributed by atoms with Gasteiger partial charge in [0.25, 0.3) is 0 Å². The van der Waals surface area contributed by atoms with Gasteiger partial charge in [0.15, 0.2) is 5.82 Å². The summed E-state index contributed by atoms with van der Waals surface area (Å²) in [5.41, 5.74) is 7.20. The van der Waals surface area contributed by atoms with E-state index in [2.05, 4.69) is 25.9 Å².